The number of hydrogen-bond acceptors (Lipinski definition) is 1. The Balaban J connectivity index is 2.26. The van der Waals surface area contributed by atoms with Crippen molar-refractivity contribution in [3.05, 3.63) is 69.4 Å². The maximum atomic E-state index is 13.4. The van der Waals surface area contributed by atoms with Crippen LogP contribution < -0.4 is 5.32 Å². The molecular weight excluding hydrogens is 331 g/mol. The molecule has 0 heterocycles. The van der Waals surface area contributed by atoms with E-state index in [9.17, 15) is 13.2 Å². The molecule has 20 heavy (non-hydrogen) atoms. The molecule has 1 atom stereocenters. The largest absolute Gasteiger partial charge is 0.313 e. The summed E-state index contributed by atoms with van der Waals surface area (Å²) in [6.45, 7) is 0. The molecule has 0 saturated carbocycles. The van der Waals surface area contributed by atoms with E-state index >= 15 is 0 Å². The summed E-state index contributed by atoms with van der Waals surface area (Å²) in [5, 5.41) is 3.05. The second-order valence-corrected chi connectivity index (χ2v) is 5.41. The summed E-state index contributed by atoms with van der Waals surface area (Å²) >= 11 is 3.24. The van der Waals surface area contributed by atoms with Crippen molar-refractivity contribution in [3.8, 4) is 0 Å². The lowest BCUT2D eigenvalue weighted by Gasteiger charge is -2.17. The summed E-state index contributed by atoms with van der Waals surface area (Å²) in [5.41, 5.74) is 1.38. The number of rotatable bonds is 4. The van der Waals surface area contributed by atoms with E-state index in [0.717, 1.165) is 17.7 Å². The van der Waals surface area contributed by atoms with Crippen molar-refractivity contribution >= 4 is 15.9 Å². The van der Waals surface area contributed by atoms with Gasteiger partial charge in [-0.15, -0.1) is 0 Å². The first-order valence-corrected chi connectivity index (χ1v) is 6.86. The summed E-state index contributed by atoms with van der Waals surface area (Å²) in [7, 11) is 1.74. The minimum absolute atomic E-state index is 0.188. The van der Waals surface area contributed by atoms with Gasteiger partial charge in [-0.2, -0.15) is 0 Å². The van der Waals surface area contributed by atoms with Gasteiger partial charge in [0, 0.05) is 10.5 Å². The molecule has 5 heteroatoms. The Morgan fingerprint density at radius 3 is 2.40 bits per heavy atom. The fourth-order valence-corrected chi connectivity index (χ4v) is 2.55. The fourth-order valence-electron chi connectivity index (χ4n) is 2.07. The summed E-state index contributed by atoms with van der Waals surface area (Å²) in [4.78, 5) is 0. The third-order valence-electron chi connectivity index (χ3n) is 3.06. The van der Waals surface area contributed by atoms with Crippen molar-refractivity contribution in [2.24, 2.45) is 0 Å². The van der Waals surface area contributed by atoms with Crippen LogP contribution in [0.25, 0.3) is 0 Å². The minimum Gasteiger partial charge on any atom is -0.313 e. The average molecular weight is 344 g/mol. The fraction of sp³-hybridized carbons (Fsp3) is 0.200. The molecule has 0 radical (unpaired) electrons. The third kappa shape index (κ3) is 3.61. The first-order chi connectivity index (χ1) is 9.49. The maximum Gasteiger partial charge on any atom is 0.159 e. The van der Waals surface area contributed by atoms with Gasteiger partial charge in [-0.1, -0.05) is 22.0 Å². The molecule has 0 amide bonds. The standard InChI is InChI=1S/C15H13BrF3N/c1-20-15(10-6-11(16)8-12(17)7-10)5-9-2-3-13(18)14(19)4-9/h2-4,6-8,15,20H,5H2,1H3. The summed E-state index contributed by atoms with van der Waals surface area (Å²) in [6.07, 6.45) is 0.434. The smallest absolute Gasteiger partial charge is 0.159 e. The Labute approximate surface area is 123 Å². The molecule has 0 aromatic heterocycles. The van der Waals surface area contributed by atoms with Crippen LogP contribution in [0.2, 0.25) is 0 Å². The average Bonchev–Trinajstić information content (AvgIpc) is 2.38. The zero-order valence-corrected chi connectivity index (χ0v) is 12.3. The van der Waals surface area contributed by atoms with Gasteiger partial charge in [-0.05, 0) is 54.9 Å². The number of hydrogen-bond donors (Lipinski definition) is 1. The normalized spacial score (nSPS) is 12.4. The number of benzene rings is 2. The molecular formula is C15H13BrF3N. The van der Waals surface area contributed by atoms with Crippen LogP contribution in [0.1, 0.15) is 17.2 Å². The topological polar surface area (TPSA) is 12.0 Å². The second-order valence-electron chi connectivity index (χ2n) is 4.50. The molecule has 0 spiro atoms. The Hall–Kier alpha value is -1.33. The molecule has 2 rings (SSSR count). The highest BCUT2D eigenvalue weighted by atomic mass is 79.9. The van der Waals surface area contributed by atoms with Crippen LogP contribution in [-0.4, -0.2) is 7.05 Å². The van der Waals surface area contributed by atoms with E-state index in [4.69, 9.17) is 0 Å². The number of nitrogens with one attached hydrogen (secondary N) is 1. The van der Waals surface area contributed by atoms with Gasteiger partial charge in [-0.3, -0.25) is 0 Å². The monoisotopic (exact) mass is 343 g/mol. The lowest BCUT2D eigenvalue weighted by atomic mass is 9.99. The van der Waals surface area contributed by atoms with Crippen molar-refractivity contribution in [2.45, 2.75) is 12.5 Å². The molecule has 0 aliphatic rings. The molecule has 0 bridgehead atoms. The second kappa shape index (κ2) is 6.41. The number of likely N-dealkylation sites (N-methyl/N-ethyl adjacent to an activating group) is 1. The Kier molecular flexibility index (Phi) is 4.83. The predicted molar refractivity (Wildman–Crippen MR) is 76.0 cm³/mol. The van der Waals surface area contributed by atoms with Crippen molar-refractivity contribution in [3.63, 3.8) is 0 Å². The summed E-state index contributed by atoms with van der Waals surface area (Å²) in [5.74, 6) is -2.10. The van der Waals surface area contributed by atoms with E-state index in [1.807, 2.05) is 0 Å². The van der Waals surface area contributed by atoms with Crippen LogP contribution in [0.5, 0.6) is 0 Å². The SMILES string of the molecule is CNC(Cc1ccc(F)c(F)c1)c1cc(F)cc(Br)c1. The van der Waals surface area contributed by atoms with E-state index in [1.54, 1.807) is 13.1 Å². The van der Waals surface area contributed by atoms with Crippen LogP contribution in [0, 0.1) is 17.5 Å². The quantitative estimate of drug-likeness (QED) is 0.869. The van der Waals surface area contributed by atoms with Gasteiger partial charge < -0.3 is 5.32 Å². The van der Waals surface area contributed by atoms with Crippen LogP contribution in [0.3, 0.4) is 0 Å². The lowest BCUT2D eigenvalue weighted by Crippen LogP contribution is -2.19. The minimum atomic E-state index is -0.877. The molecule has 1 N–H and O–H groups in total. The van der Waals surface area contributed by atoms with E-state index in [-0.39, 0.29) is 11.9 Å². The van der Waals surface area contributed by atoms with Crippen molar-refractivity contribution in [2.75, 3.05) is 7.05 Å². The van der Waals surface area contributed by atoms with Crippen molar-refractivity contribution in [1.82, 2.24) is 5.32 Å². The summed E-state index contributed by atoms with van der Waals surface area (Å²) < 4.78 is 40.2. The van der Waals surface area contributed by atoms with Gasteiger partial charge in [0.05, 0.1) is 0 Å². The molecule has 1 unspecified atom stereocenters. The van der Waals surface area contributed by atoms with E-state index in [1.165, 1.54) is 18.2 Å². The van der Waals surface area contributed by atoms with Gasteiger partial charge in [-0.25, -0.2) is 13.2 Å². The van der Waals surface area contributed by atoms with Crippen LogP contribution >= 0.6 is 15.9 Å². The molecule has 2 aromatic rings. The third-order valence-corrected chi connectivity index (χ3v) is 3.52. The highest BCUT2D eigenvalue weighted by Crippen LogP contribution is 2.23. The first kappa shape index (κ1) is 15.1. The van der Waals surface area contributed by atoms with E-state index in [2.05, 4.69) is 21.2 Å². The van der Waals surface area contributed by atoms with E-state index < -0.39 is 11.6 Å². The molecule has 106 valence electrons. The van der Waals surface area contributed by atoms with Gasteiger partial charge in [0.2, 0.25) is 0 Å². The lowest BCUT2D eigenvalue weighted by molar-refractivity contribution is 0.504. The molecule has 0 saturated heterocycles. The Bertz CT molecular complexity index is 596. The predicted octanol–water partition coefficient (Wildman–Crippen LogP) is 4.37. The van der Waals surface area contributed by atoms with E-state index in [0.29, 0.717) is 16.5 Å². The highest BCUT2D eigenvalue weighted by molar-refractivity contribution is 9.10. The van der Waals surface area contributed by atoms with Gasteiger partial charge in [0.1, 0.15) is 5.82 Å². The molecule has 1 nitrogen and oxygen atoms in total. The Morgan fingerprint density at radius 1 is 1.05 bits per heavy atom. The number of halogens is 4. The van der Waals surface area contributed by atoms with Crippen LogP contribution in [-0.2, 0) is 6.42 Å². The molecule has 0 aliphatic carbocycles. The Morgan fingerprint density at radius 2 is 1.80 bits per heavy atom. The van der Waals surface area contributed by atoms with Gasteiger partial charge in [0.15, 0.2) is 11.6 Å². The molecule has 0 fully saturated rings. The van der Waals surface area contributed by atoms with Gasteiger partial charge in [0.25, 0.3) is 0 Å². The summed E-state index contributed by atoms with van der Waals surface area (Å²) in [6, 6.07) is 8.18. The van der Waals surface area contributed by atoms with Crippen molar-refractivity contribution < 1.29 is 13.2 Å². The van der Waals surface area contributed by atoms with Crippen LogP contribution in [0.4, 0.5) is 13.2 Å². The first-order valence-electron chi connectivity index (χ1n) is 6.07. The van der Waals surface area contributed by atoms with Crippen molar-refractivity contribution in [1.29, 1.82) is 0 Å². The maximum absolute atomic E-state index is 13.4. The highest BCUT2D eigenvalue weighted by Gasteiger charge is 2.13. The van der Waals surface area contributed by atoms with Gasteiger partial charge >= 0.3 is 0 Å². The molecule has 0 aliphatic heterocycles. The zero-order valence-electron chi connectivity index (χ0n) is 10.8. The van der Waals surface area contributed by atoms with Crippen LogP contribution in [0.15, 0.2) is 40.9 Å². The molecule has 2 aromatic carbocycles. The zero-order chi connectivity index (χ0) is 14.7.